The normalized spacial score (nSPS) is 14.4. The Hall–Kier alpha value is -1.71. The van der Waals surface area contributed by atoms with Crippen LogP contribution >= 0.6 is 11.3 Å². The number of pyridine rings is 1. The summed E-state index contributed by atoms with van der Waals surface area (Å²) in [5, 5.41) is 11.7. The molecule has 2 unspecified atom stereocenters. The summed E-state index contributed by atoms with van der Waals surface area (Å²) in [6.07, 6.45) is 3.06. The van der Waals surface area contributed by atoms with Gasteiger partial charge in [0, 0.05) is 27.9 Å². The van der Waals surface area contributed by atoms with Crippen LogP contribution < -0.4 is 0 Å². The van der Waals surface area contributed by atoms with Crippen molar-refractivity contribution in [3.8, 4) is 0 Å². The van der Waals surface area contributed by atoms with Gasteiger partial charge in [-0.2, -0.15) is 0 Å². The molecule has 2 aromatic heterocycles. The number of thiophene rings is 1. The van der Waals surface area contributed by atoms with E-state index in [0.717, 1.165) is 10.4 Å². The minimum Gasteiger partial charge on any atom is -0.387 e. The van der Waals surface area contributed by atoms with Gasteiger partial charge >= 0.3 is 0 Å². The molecule has 0 aliphatic carbocycles. The van der Waals surface area contributed by atoms with Gasteiger partial charge in [0.15, 0.2) is 0 Å². The molecule has 0 saturated carbocycles. The molecule has 2 nitrogen and oxygen atoms in total. The third kappa shape index (κ3) is 2.39. The molecule has 0 fully saturated rings. The predicted octanol–water partition coefficient (Wildman–Crippen LogP) is 4.13. The fourth-order valence-electron chi connectivity index (χ4n) is 2.24. The highest BCUT2D eigenvalue weighted by molar-refractivity contribution is 7.19. The van der Waals surface area contributed by atoms with Gasteiger partial charge < -0.3 is 5.11 Å². The number of fused-ring (bicyclic) bond motifs is 1. The number of hydrogen-bond donors (Lipinski definition) is 1. The molecule has 0 bridgehead atoms. The first-order chi connectivity index (χ1) is 9.25. The molecule has 0 radical (unpaired) electrons. The van der Waals surface area contributed by atoms with Crippen molar-refractivity contribution in [2.75, 3.05) is 0 Å². The lowest BCUT2D eigenvalue weighted by molar-refractivity contribution is 0.155. The van der Waals surface area contributed by atoms with Crippen LogP contribution in [0.5, 0.6) is 0 Å². The molecule has 1 aromatic carbocycles. The first kappa shape index (κ1) is 12.3. The van der Waals surface area contributed by atoms with Gasteiger partial charge in [-0.3, -0.25) is 4.98 Å². The van der Waals surface area contributed by atoms with Crippen LogP contribution in [0.4, 0.5) is 0 Å². The lowest BCUT2D eigenvalue weighted by atomic mass is 9.95. The molecule has 0 aliphatic heterocycles. The second-order valence-corrected chi connectivity index (χ2v) is 5.82. The van der Waals surface area contributed by atoms with Crippen molar-refractivity contribution in [3.05, 3.63) is 65.3 Å². The van der Waals surface area contributed by atoms with E-state index < -0.39 is 6.10 Å². The zero-order valence-electron chi connectivity index (χ0n) is 10.7. The van der Waals surface area contributed by atoms with E-state index >= 15 is 0 Å². The van der Waals surface area contributed by atoms with Crippen LogP contribution in [-0.4, -0.2) is 10.1 Å². The maximum absolute atomic E-state index is 10.5. The largest absolute Gasteiger partial charge is 0.387 e. The van der Waals surface area contributed by atoms with Crippen molar-refractivity contribution in [2.24, 2.45) is 0 Å². The number of aliphatic hydroxyl groups excluding tert-OH is 1. The lowest BCUT2D eigenvalue weighted by Gasteiger charge is -2.17. The van der Waals surface area contributed by atoms with Crippen molar-refractivity contribution >= 4 is 21.4 Å². The Morgan fingerprint density at radius 3 is 2.58 bits per heavy atom. The molecule has 3 heteroatoms. The van der Waals surface area contributed by atoms with Gasteiger partial charge in [0.05, 0.1) is 6.10 Å². The minimum absolute atomic E-state index is 0.0658. The summed E-state index contributed by atoms with van der Waals surface area (Å²) < 4.78 is 1.22. The lowest BCUT2D eigenvalue weighted by Crippen LogP contribution is -2.06. The molecule has 0 spiro atoms. The van der Waals surface area contributed by atoms with Gasteiger partial charge in [0.25, 0.3) is 0 Å². The SMILES string of the molecule is CC(c1ccncc1)C(O)c1cc2ccccc2s1. The van der Waals surface area contributed by atoms with Crippen molar-refractivity contribution in [1.29, 1.82) is 0 Å². The zero-order valence-corrected chi connectivity index (χ0v) is 11.5. The standard InChI is InChI=1S/C16H15NOS/c1-11(12-6-8-17-9-7-12)16(18)15-10-13-4-2-3-5-14(13)19-15/h2-11,16,18H,1H3. The Bertz CT molecular complexity index is 644. The molecule has 0 saturated heterocycles. The number of hydrogen-bond acceptors (Lipinski definition) is 3. The molecule has 2 heterocycles. The molecule has 1 N–H and O–H groups in total. The van der Waals surface area contributed by atoms with Gasteiger partial charge in [0.1, 0.15) is 0 Å². The van der Waals surface area contributed by atoms with Crippen LogP contribution in [0.25, 0.3) is 10.1 Å². The van der Waals surface area contributed by atoms with Crippen LogP contribution in [-0.2, 0) is 0 Å². The summed E-state index contributed by atoms with van der Waals surface area (Å²) in [6.45, 7) is 2.05. The molecular weight excluding hydrogens is 254 g/mol. The molecular formula is C16H15NOS. The summed E-state index contributed by atoms with van der Waals surface area (Å²) in [5.74, 6) is 0.0658. The second-order valence-electron chi connectivity index (χ2n) is 4.70. The van der Waals surface area contributed by atoms with E-state index in [1.54, 1.807) is 23.7 Å². The Kier molecular flexibility index (Phi) is 3.32. The van der Waals surface area contributed by atoms with E-state index in [-0.39, 0.29) is 5.92 Å². The number of rotatable bonds is 3. The predicted molar refractivity (Wildman–Crippen MR) is 79.4 cm³/mol. The Morgan fingerprint density at radius 2 is 1.84 bits per heavy atom. The molecule has 3 rings (SSSR count). The van der Waals surface area contributed by atoms with E-state index in [4.69, 9.17) is 0 Å². The molecule has 0 amide bonds. The summed E-state index contributed by atoms with van der Waals surface area (Å²) in [4.78, 5) is 5.03. The first-order valence-corrected chi connectivity index (χ1v) is 7.14. The molecule has 2 atom stereocenters. The number of nitrogens with zero attached hydrogens (tertiary/aromatic N) is 1. The van der Waals surface area contributed by atoms with E-state index in [1.165, 1.54) is 10.1 Å². The van der Waals surface area contributed by atoms with Crippen molar-refractivity contribution in [2.45, 2.75) is 18.9 Å². The fraction of sp³-hybridized carbons (Fsp3) is 0.188. The van der Waals surface area contributed by atoms with Crippen LogP contribution in [0.3, 0.4) is 0 Å². The maximum atomic E-state index is 10.5. The number of benzene rings is 1. The van der Waals surface area contributed by atoms with Gasteiger partial charge in [0.2, 0.25) is 0 Å². The number of aromatic nitrogens is 1. The Balaban J connectivity index is 1.93. The molecule has 96 valence electrons. The minimum atomic E-state index is -0.472. The Labute approximate surface area is 116 Å². The summed E-state index contributed by atoms with van der Waals surface area (Å²) >= 11 is 1.66. The molecule has 0 aliphatic rings. The van der Waals surface area contributed by atoms with Crippen molar-refractivity contribution < 1.29 is 5.11 Å². The van der Waals surface area contributed by atoms with Crippen LogP contribution in [0.1, 0.15) is 29.4 Å². The highest BCUT2D eigenvalue weighted by atomic mass is 32.1. The highest BCUT2D eigenvalue weighted by Gasteiger charge is 2.20. The van der Waals surface area contributed by atoms with Gasteiger partial charge in [-0.05, 0) is 35.2 Å². The number of aliphatic hydroxyl groups is 1. The summed E-state index contributed by atoms with van der Waals surface area (Å²) in [5.41, 5.74) is 1.11. The molecule has 3 aromatic rings. The second kappa shape index (κ2) is 5.11. The van der Waals surface area contributed by atoms with Crippen molar-refractivity contribution in [3.63, 3.8) is 0 Å². The first-order valence-electron chi connectivity index (χ1n) is 6.32. The zero-order chi connectivity index (χ0) is 13.2. The maximum Gasteiger partial charge on any atom is 0.0948 e. The van der Waals surface area contributed by atoms with E-state index in [9.17, 15) is 5.11 Å². The summed E-state index contributed by atoms with van der Waals surface area (Å²) in [6, 6.07) is 14.2. The van der Waals surface area contributed by atoms with Crippen LogP contribution in [0.15, 0.2) is 54.9 Å². The molecule has 19 heavy (non-hydrogen) atoms. The topological polar surface area (TPSA) is 33.1 Å². The Morgan fingerprint density at radius 1 is 1.11 bits per heavy atom. The third-order valence-electron chi connectivity index (χ3n) is 3.44. The van der Waals surface area contributed by atoms with E-state index in [2.05, 4.69) is 23.2 Å². The van der Waals surface area contributed by atoms with Crippen LogP contribution in [0, 0.1) is 0 Å². The highest BCUT2D eigenvalue weighted by Crippen LogP contribution is 2.36. The monoisotopic (exact) mass is 269 g/mol. The van der Waals surface area contributed by atoms with E-state index in [0.29, 0.717) is 0 Å². The smallest absolute Gasteiger partial charge is 0.0948 e. The van der Waals surface area contributed by atoms with Crippen molar-refractivity contribution in [1.82, 2.24) is 4.98 Å². The fourth-order valence-corrected chi connectivity index (χ4v) is 3.40. The van der Waals surface area contributed by atoms with Gasteiger partial charge in [-0.15, -0.1) is 11.3 Å². The van der Waals surface area contributed by atoms with Gasteiger partial charge in [-0.1, -0.05) is 25.1 Å². The quantitative estimate of drug-likeness (QED) is 0.775. The average Bonchev–Trinajstić information content (AvgIpc) is 2.90. The summed E-state index contributed by atoms with van der Waals surface area (Å²) in [7, 11) is 0. The average molecular weight is 269 g/mol. The van der Waals surface area contributed by atoms with Gasteiger partial charge in [-0.25, -0.2) is 0 Å². The van der Waals surface area contributed by atoms with Crippen LogP contribution in [0.2, 0.25) is 0 Å². The van der Waals surface area contributed by atoms with E-state index in [1.807, 2.05) is 31.2 Å². The third-order valence-corrected chi connectivity index (χ3v) is 4.63.